The second-order valence-corrected chi connectivity index (χ2v) is 7.75. The molecule has 1 amide bonds. The fourth-order valence-corrected chi connectivity index (χ4v) is 4.22. The van der Waals surface area contributed by atoms with Crippen molar-refractivity contribution in [1.82, 2.24) is 19.7 Å². The van der Waals surface area contributed by atoms with E-state index >= 15 is 0 Å². The summed E-state index contributed by atoms with van der Waals surface area (Å²) in [4.78, 5) is 22.5. The molecular formula is C24H24N4O3. The third kappa shape index (κ3) is 3.61. The van der Waals surface area contributed by atoms with E-state index in [1.165, 1.54) is 0 Å². The van der Waals surface area contributed by atoms with Gasteiger partial charge in [0.25, 0.3) is 5.91 Å². The summed E-state index contributed by atoms with van der Waals surface area (Å²) in [6.45, 7) is 2.15. The van der Waals surface area contributed by atoms with E-state index in [0.29, 0.717) is 23.7 Å². The number of rotatable bonds is 5. The fraction of sp³-hybridized carbons (Fsp3) is 0.292. The Bertz CT molecular complexity index is 1230. The second-order valence-electron chi connectivity index (χ2n) is 7.75. The van der Waals surface area contributed by atoms with Crippen LogP contribution < -0.4 is 10.1 Å². The number of hydrogen-bond donors (Lipinski definition) is 1. The molecule has 3 aromatic heterocycles. The summed E-state index contributed by atoms with van der Waals surface area (Å²) in [5.74, 6) is 1.11. The van der Waals surface area contributed by atoms with Crippen molar-refractivity contribution in [3.05, 3.63) is 60.6 Å². The van der Waals surface area contributed by atoms with Gasteiger partial charge in [0.2, 0.25) is 0 Å². The summed E-state index contributed by atoms with van der Waals surface area (Å²) in [6.07, 6.45) is 5.41. The highest BCUT2D eigenvalue weighted by molar-refractivity contribution is 6.16. The van der Waals surface area contributed by atoms with Crippen LogP contribution in [-0.2, 0) is 4.74 Å². The largest absolute Gasteiger partial charge is 0.497 e. The number of nitrogens with one attached hydrogen (secondary N) is 1. The number of carbonyl (C=O) groups excluding carboxylic acids is 1. The third-order valence-corrected chi connectivity index (χ3v) is 5.90. The third-order valence-electron chi connectivity index (χ3n) is 5.90. The lowest BCUT2D eigenvalue weighted by atomic mass is 10.00. The summed E-state index contributed by atoms with van der Waals surface area (Å²) < 4.78 is 12.7. The molecule has 158 valence electrons. The molecule has 5 rings (SSSR count). The molecule has 1 aliphatic heterocycles. The first-order chi connectivity index (χ1) is 15.3. The Hall–Kier alpha value is -3.45. The molecule has 0 spiro atoms. The number of methoxy groups -OCH3 is 1. The van der Waals surface area contributed by atoms with E-state index < -0.39 is 0 Å². The Labute approximate surface area is 180 Å². The molecule has 0 aliphatic carbocycles. The van der Waals surface area contributed by atoms with Crippen molar-refractivity contribution in [2.75, 3.05) is 26.9 Å². The Morgan fingerprint density at radius 2 is 1.97 bits per heavy atom. The van der Waals surface area contributed by atoms with Gasteiger partial charge in [0.1, 0.15) is 17.7 Å². The van der Waals surface area contributed by atoms with Crippen LogP contribution >= 0.6 is 0 Å². The normalized spacial score (nSPS) is 14.7. The number of amides is 1. The van der Waals surface area contributed by atoms with Crippen LogP contribution in [0.15, 0.2) is 55.0 Å². The summed E-state index contributed by atoms with van der Waals surface area (Å²) in [6, 6.07) is 13.5. The minimum absolute atomic E-state index is 0.102. The van der Waals surface area contributed by atoms with Gasteiger partial charge in [-0.25, -0.2) is 9.97 Å². The number of carbonyl (C=O) groups is 1. The Kier molecular flexibility index (Phi) is 5.26. The standard InChI is InChI=1S/C24H24N4O3/c1-30-18-7-5-17(6-8-18)22-21-20(24(29)25-14-16-9-12-31-13-10-16)19-4-2-3-11-28(19)23(21)27-15-26-22/h2-8,11,15-16H,9-10,12-14H2,1H3,(H,25,29). The van der Waals surface area contributed by atoms with Crippen molar-refractivity contribution < 1.29 is 14.3 Å². The predicted molar refractivity (Wildman–Crippen MR) is 118 cm³/mol. The lowest BCUT2D eigenvalue weighted by Crippen LogP contribution is -2.32. The van der Waals surface area contributed by atoms with Crippen molar-refractivity contribution in [2.24, 2.45) is 5.92 Å². The Morgan fingerprint density at radius 1 is 1.16 bits per heavy atom. The molecule has 7 heteroatoms. The van der Waals surface area contributed by atoms with E-state index in [1.807, 2.05) is 53.1 Å². The van der Waals surface area contributed by atoms with Gasteiger partial charge in [-0.05, 0) is 55.2 Å². The molecule has 1 aromatic carbocycles. The number of pyridine rings is 1. The SMILES string of the molecule is COc1ccc(-c2ncnc3c2c(C(=O)NCC2CCOCC2)c2ccccn23)cc1. The first-order valence-electron chi connectivity index (χ1n) is 10.5. The lowest BCUT2D eigenvalue weighted by molar-refractivity contribution is 0.0643. The smallest absolute Gasteiger partial charge is 0.254 e. The number of nitrogens with zero attached hydrogens (tertiary/aromatic N) is 3. The topological polar surface area (TPSA) is 77.8 Å². The van der Waals surface area contributed by atoms with Crippen molar-refractivity contribution in [1.29, 1.82) is 0 Å². The quantitative estimate of drug-likeness (QED) is 0.537. The summed E-state index contributed by atoms with van der Waals surface area (Å²) >= 11 is 0. The molecule has 1 aliphatic rings. The molecule has 0 unspecified atom stereocenters. The highest BCUT2D eigenvalue weighted by Crippen LogP contribution is 2.33. The van der Waals surface area contributed by atoms with E-state index in [9.17, 15) is 4.79 Å². The molecular weight excluding hydrogens is 392 g/mol. The van der Waals surface area contributed by atoms with Gasteiger partial charge in [-0.3, -0.25) is 4.79 Å². The highest BCUT2D eigenvalue weighted by Gasteiger charge is 2.24. The van der Waals surface area contributed by atoms with E-state index in [4.69, 9.17) is 9.47 Å². The van der Waals surface area contributed by atoms with Crippen LogP contribution in [0.25, 0.3) is 27.8 Å². The maximum atomic E-state index is 13.4. The molecule has 31 heavy (non-hydrogen) atoms. The summed E-state index contributed by atoms with van der Waals surface area (Å²) in [7, 11) is 1.64. The van der Waals surface area contributed by atoms with E-state index in [-0.39, 0.29) is 5.91 Å². The highest BCUT2D eigenvalue weighted by atomic mass is 16.5. The molecule has 0 atom stereocenters. The zero-order chi connectivity index (χ0) is 21.2. The van der Waals surface area contributed by atoms with Gasteiger partial charge >= 0.3 is 0 Å². The average Bonchev–Trinajstić information content (AvgIpc) is 3.18. The number of fused-ring (bicyclic) bond motifs is 3. The summed E-state index contributed by atoms with van der Waals surface area (Å²) in [5.41, 5.74) is 3.77. The minimum Gasteiger partial charge on any atom is -0.497 e. The molecule has 1 N–H and O–H groups in total. The molecule has 0 saturated carbocycles. The van der Waals surface area contributed by atoms with Crippen LogP contribution in [0.2, 0.25) is 0 Å². The van der Waals surface area contributed by atoms with Crippen LogP contribution in [0, 0.1) is 5.92 Å². The van der Waals surface area contributed by atoms with Gasteiger partial charge in [0, 0.05) is 31.5 Å². The monoisotopic (exact) mass is 416 g/mol. The van der Waals surface area contributed by atoms with Crippen molar-refractivity contribution in [3.63, 3.8) is 0 Å². The zero-order valence-electron chi connectivity index (χ0n) is 17.4. The lowest BCUT2D eigenvalue weighted by Gasteiger charge is -2.22. The first kappa shape index (κ1) is 19.5. The predicted octanol–water partition coefficient (Wildman–Crippen LogP) is 3.71. The molecule has 1 fully saturated rings. The first-order valence-corrected chi connectivity index (χ1v) is 10.5. The van der Waals surface area contributed by atoms with Crippen LogP contribution in [-0.4, -0.2) is 47.1 Å². The number of aromatic nitrogens is 3. The molecule has 4 heterocycles. The molecule has 0 bridgehead atoms. The Balaban J connectivity index is 1.61. The molecule has 7 nitrogen and oxygen atoms in total. The van der Waals surface area contributed by atoms with Crippen LogP contribution in [0.1, 0.15) is 23.2 Å². The average molecular weight is 416 g/mol. The summed E-state index contributed by atoms with van der Waals surface area (Å²) in [5, 5.41) is 3.91. The van der Waals surface area contributed by atoms with E-state index in [2.05, 4.69) is 15.3 Å². The Morgan fingerprint density at radius 3 is 2.74 bits per heavy atom. The molecule has 4 aromatic rings. The minimum atomic E-state index is -0.102. The number of ether oxygens (including phenoxy) is 2. The second kappa shape index (κ2) is 8.35. The van der Waals surface area contributed by atoms with Gasteiger partial charge in [0.05, 0.1) is 29.3 Å². The van der Waals surface area contributed by atoms with Gasteiger partial charge in [-0.1, -0.05) is 6.07 Å². The van der Waals surface area contributed by atoms with Crippen molar-refractivity contribution in [2.45, 2.75) is 12.8 Å². The maximum Gasteiger partial charge on any atom is 0.254 e. The van der Waals surface area contributed by atoms with Gasteiger partial charge in [-0.15, -0.1) is 0 Å². The van der Waals surface area contributed by atoms with Gasteiger partial charge < -0.3 is 19.2 Å². The fourth-order valence-electron chi connectivity index (χ4n) is 4.22. The van der Waals surface area contributed by atoms with Crippen molar-refractivity contribution in [3.8, 4) is 17.0 Å². The van der Waals surface area contributed by atoms with Crippen molar-refractivity contribution >= 4 is 22.5 Å². The van der Waals surface area contributed by atoms with Gasteiger partial charge in [0.15, 0.2) is 0 Å². The number of benzene rings is 1. The van der Waals surface area contributed by atoms with Crippen LogP contribution in [0.4, 0.5) is 0 Å². The maximum absolute atomic E-state index is 13.4. The van der Waals surface area contributed by atoms with Crippen LogP contribution in [0.3, 0.4) is 0 Å². The molecule has 1 saturated heterocycles. The zero-order valence-corrected chi connectivity index (χ0v) is 17.4. The molecule has 0 radical (unpaired) electrons. The van der Waals surface area contributed by atoms with Crippen LogP contribution in [0.5, 0.6) is 5.75 Å². The van der Waals surface area contributed by atoms with E-state index in [1.54, 1.807) is 13.4 Å². The number of hydrogen-bond acceptors (Lipinski definition) is 5. The van der Waals surface area contributed by atoms with Gasteiger partial charge in [-0.2, -0.15) is 0 Å². The van der Waals surface area contributed by atoms with E-state index in [0.717, 1.165) is 54.0 Å².